The van der Waals surface area contributed by atoms with Crippen LogP contribution >= 0.6 is 0 Å². The zero-order valence-corrected chi connectivity index (χ0v) is 10.2. The second kappa shape index (κ2) is 5.80. The highest BCUT2D eigenvalue weighted by Crippen LogP contribution is 2.29. The number of carbonyl (C=O) groups is 1. The van der Waals surface area contributed by atoms with Crippen molar-refractivity contribution in [2.24, 2.45) is 0 Å². The lowest BCUT2D eigenvalue weighted by Crippen LogP contribution is -2.27. The fourth-order valence-electron chi connectivity index (χ4n) is 1.46. The molecule has 0 aliphatic rings. The Morgan fingerprint density at radius 2 is 1.88 bits per heavy atom. The molecule has 17 heavy (non-hydrogen) atoms. The van der Waals surface area contributed by atoms with Gasteiger partial charge in [-0.3, -0.25) is 4.79 Å². The number of rotatable bonds is 4. The highest BCUT2D eigenvalue weighted by molar-refractivity contribution is 5.99. The van der Waals surface area contributed by atoms with Crippen LogP contribution in [0.25, 0.3) is 0 Å². The molecule has 0 radical (unpaired) electrons. The van der Waals surface area contributed by atoms with Crippen molar-refractivity contribution in [3.05, 3.63) is 23.8 Å². The molecule has 4 nitrogen and oxygen atoms in total. The van der Waals surface area contributed by atoms with Gasteiger partial charge in [0.25, 0.3) is 5.91 Å². The van der Waals surface area contributed by atoms with Crippen LogP contribution in [0.3, 0.4) is 0 Å². The minimum Gasteiger partial charge on any atom is -0.496 e. The lowest BCUT2D eigenvalue weighted by Gasteiger charge is -2.18. The maximum Gasteiger partial charge on any atom is 0.261 e. The molecular weight excluding hydrogens is 218 g/mol. The molecule has 0 aliphatic carbocycles. The summed E-state index contributed by atoms with van der Waals surface area (Å²) in [7, 11) is 4.65. The lowest BCUT2D eigenvalue weighted by molar-refractivity contribution is 0.0805. The lowest BCUT2D eigenvalue weighted by atomic mass is 10.1. The Bertz CT molecular complexity index is 426. The fourth-order valence-corrected chi connectivity index (χ4v) is 1.46. The molecule has 0 N–H and O–H groups in total. The van der Waals surface area contributed by atoms with E-state index in [4.69, 9.17) is 15.9 Å². The summed E-state index contributed by atoms with van der Waals surface area (Å²) in [6, 6.07) is 5.18. The first kappa shape index (κ1) is 12.9. The Kier molecular flexibility index (Phi) is 4.41. The molecule has 0 saturated heterocycles. The van der Waals surface area contributed by atoms with Gasteiger partial charge in [0.05, 0.1) is 20.8 Å². The number of nitrogens with zero attached hydrogens (tertiary/aromatic N) is 1. The molecule has 1 rings (SSSR count). The van der Waals surface area contributed by atoms with Crippen molar-refractivity contribution in [2.45, 2.75) is 0 Å². The summed E-state index contributed by atoms with van der Waals surface area (Å²) >= 11 is 0. The molecule has 0 bridgehead atoms. The van der Waals surface area contributed by atoms with E-state index in [9.17, 15) is 4.79 Å². The van der Waals surface area contributed by atoms with Gasteiger partial charge >= 0.3 is 0 Å². The number of carbonyl (C=O) groups excluding carboxylic acids is 1. The van der Waals surface area contributed by atoms with Crippen LogP contribution in [0, 0.1) is 12.3 Å². The van der Waals surface area contributed by atoms with Crippen LogP contribution in [0.4, 0.5) is 0 Å². The summed E-state index contributed by atoms with van der Waals surface area (Å²) in [5.74, 6) is 3.13. The van der Waals surface area contributed by atoms with Gasteiger partial charge in [-0.1, -0.05) is 12.0 Å². The normalized spacial score (nSPS) is 9.29. The van der Waals surface area contributed by atoms with Crippen molar-refractivity contribution in [2.75, 3.05) is 27.8 Å². The molecule has 0 saturated carbocycles. The van der Waals surface area contributed by atoms with E-state index in [2.05, 4.69) is 5.92 Å². The highest BCUT2D eigenvalue weighted by atomic mass is 16.5. The summed E-state index contributed by atoms with van der Waals surface area (Å²) in [6.07, 6.45) is 5.18. The van der Waals surface area contributed by atoms with E-state index in [1.54, 1.807) is 25.2 Å². The molecule has 4 heteroatoms. The van der Waals surface area contributed by atoms with Crippen molar-refractivity contribution >= 4 is 5.91 Å². The summed E-state index contributed by atoms with van der Waals surface area (Å²) < 4.78 is 10.3. The molecular formula is C13H15NO3. The summed E-state index contributed by atoms with van der Waals surface area (Å²) in [4.78, 5) is 13.6. The van der Waals surface area contributed by atoms with Gasteiger partial charge in [-0.2, -0.15) is 0 Å². The number of benzene rings is 1. The predicted molar refractivity (Wildman–Crippen MR) is 65.3 cm³/mol. The van der Waals surface area contributed by atoms with Gasteiger partial charge < -0.3 is 14.4 Å². The number of terminal acetylenes is 1. The topological polar surface area (TPSA) is 38.8 Å². The van der Waals surface area contributed by atoms with Gasteiger partial charge in [0.15, 0.2) is 0 Å². The van der Waals surface area contributed by atoms with Crippen LogP contribution in [0.2, 0.25) is 0 Å². The van der Waals surface area contributed by atoms with Crippen LogP contribution in [0.15, 0.2) is 18.2 Å². The van der Waals surface area contributed by atoms with Crippen molar-refractivity contribution in [1.29, 1.82) is 0 Å². The number of hydrogen-bond acceptors (Lipinski definition) is 3. The third-order valence-electron chi connectivity index (χ3n) is 2.32. The largest absolute Gasteiger partial charge is 0.496 e. The molecule has 90 valence electrons. The highest BCUT2D eigenvalue weighted by Gasteiger charge is 2.20. The predicted octanol–water partition coefficient (Wildman–Crippen LogP) is 1.41. The molecule has 0 spiro atoms. The van der Waals surface area contributed by atoms with Crippen LogP contribution in [-0.2, 0) is 0 Å². The van der Waals surface area contributed by atoms with Gasteiger partial charge in [-0.15, -0.1) is 6.42 Å². The fraction of sp³-hybridized carbons (Fsp3) is 0.308. The van der Waals surface area contributed by atoms with E-state index in [1.165, 1.54) is 19.1 Å². The Morgan fingerprint density at radius 3 is 2.29 bits per heavy atom. The molecule has 0 fully saturated rings. The van der Waals surface area contributed by atoms with Gasteiger partial charge in [-0.25, -0.2) is 0 Å². The van der Waals surface area contributed by atoms with Gasteiger partial charge in [0, 0.05) is 7.05 Å². The van der Waals surface area contributed by atoms with Gasteiger partial charge in [-0.05, 0) is 12.1 Å². The second-order valence-electron chi connectivity index (χ2n) is 3.40. The van der Waals surface area contributed by atoms with E-state index in [-0.39, 0.29) is 12.5 Å². The Labute approximate surface area is 101 Å². The van der Waals surface area contributed by atoms with Crippen LogP contribution in [0.5, 0.6) is 11.5 Å². The first-order valence-corrected chi connectivity index (χ1v) is 5.05. The van der Waals surface area contributed by atoms with Crippen molar-refractivity contribution in [3.63, 3.8) is 0 Å². The van der Waals surface area contributed by atoms with E-state index >= 15 is 0 Å². The molecule has 0 aromatic heterocycles. The third-order valence-corrected chi connectivity index (χ3v) is 2.32. The zero-order chi connectivity index (χ0) is 12.8. The van der Waals surface area contributed by atoms with Gasteiger partial charge in [0.2, 0.25) is 0 Å². The summed E-state index contributed by atoms with van der Waals surface area (Å²) in [5, 5.41) is 0. The third kappa shape index (κ3) is 2.70. The average Bonchev–Trinajstić information content (AvgIpc) is 2.37. The summed E-state index contributed by atoms with van der Waals surface area (Å²) in [6.45, 7) is 0.236. The SMILES string of the molecule is C#CCN(C)C(=O)c1c(OC)cccc1OC. The monoisotopic (exact) mass is 233 g/mol. The quantitative estimate of drug-likeness (QED) is 0.738. The minimum absolute atomic E-state index is 0.225. The first-order chi connectivity index (χ1) is 8.15. The zero-order valence-electron chi connectivity index (χ0n) is 10.2. The molecule has 1 amide bonds. The minimum atomic E-state index is -0.225. The van der Waals surface area contributed by atoms with Crippen molar-refractivity contribution in [3.8, 4) is 23.8 Å². The number of hydrogen-bond donors (Lipinski definition) is 0. The molecule has 0 atom stereocenters. The van der Waals surface area contributed by atoms with Crippen molar-refractivity contribution < 1.29 is 14.3 Å². The van der Waals surface area contributed by atoms with E-state index in [0.717, 1.165) is 0 Å². The second-order valence-corrected chi connectivity index (χ2v) is 3.40. The van der Waals surface area contributed by atoms with Crippen LogP contribution in [0.1, 0.15) is 10.4 Å². The average molecular weight is 233 g/mol. The van der Waals surface area contributed by atoms with Crippen LogP contribution < -0.4 is 9.47 Å². The van der Waals surface area contributed by atoms with E-state index in [1.807, 2.05) is 0 Å². The summed E-state index contributed by atoms with van der Waals surface area (Å²) in [5.41, 5.74) is 0.384. The molecule has 1 aromatic rings. The number of methoxy groups -OCH3 is 2. The van der Waals surface area contributed by atoms with E-state index < -0.39 is 0 Å². The smallest absolute Gasteiger partial charge is 0.261 e. The Hall–Kier alpha value is -2.15. The molecule has 0 aliphatic heterocycles. The molecule has 0 unspecified atom stereocenters. The maximum atomic E-state index is 12.2. The van der Waals surface area contributed by atoms with Crippen molar-refractivity contribution in [1.82, 2.24) is 4.90 Å². The first-order valence-electron chi connectivity index (χ1n) is 5.05. The number of ether oxygens (including phenoxy) is 2. The van der Waals surface area contributed by atoms with Crippen LogP contribution in [-0.4, -0.2) is 38.6 Å². The number of amides is 1. The Balaban J connectivity index is 3.19. The molecule has 0 heterocycles. The standard InChI is InChI=1S/C13H15NO3/c1-5-9-14(2)13(15)12-10(16-3)7-6-8-11(12)17-4/h1,6-8H,9H2,2-4H3. The molecule has 1 aromatic carbocycles. The maximum absolute atomic E-state index is 12.2. The van der Waals surface area contributed by atoms with E-state index in [0.29, 0.717) is 17.1 Å². The van der Waals surface area contributed by atoms with Gasteiger partial charge in [0.1, 0.15) is 17.1 Å². The Morgan fingerprint density at radius 1 is 1.35 bits per heavy atom.